The second-order valence-electron chi connectivity index (χ2n) is 16.0. The summed E-state index contributed by atoms with van der Waals surface area (Å²) < 4.78 is 0. The first kappa shape index (κ1) is 31.3. The lowest BCUT2D eigenvalue weighted by atomic mass is 9.69. The highest BCUT2D eigenvalue weighted by Crippen LogP contribution is 2.66. The van der Waals surface area contributed by atoms with Gasteiger partial charge in [0.15, 0.2) is 0 Å². The van der Waals surface area contributed by atoms with Gasteiger partial charge in [-0.15, -0.1) is 0 Å². The Morgan fingerprint density at radius 1 is 0.389 bits per heavy atom. The Kier molecular flexibility index (Phi) is 6.60. The third-order valence-corrected chi connectivity index (χ3v) is 14.2. The van der Waals surface area contributed by atoms with Crippen LogP contribution in [0.1, 0.15) is 22.3 Å². The van der Waals surface area contributed by atoms with Crippen molar-refractivity contribution in [2.75, 3.05) is 4.90 Å². The van der Waals surface area contributed by atoms with Crippen LogP contribution in [0.5, 0.6) is 0 Å². The van der Waals surface area contributed by atoms with Crippen LogP contribution >= 0.6 is 0 Å². The minimum absolute atomic E-state index is 0.461. The zero-order chi connectivity index (χ0) is 36.2. The number of hydrogen-bond donors (Lipinski definition) is 0. The Labute approximate surface area is 317 Å². The predicted molar refractivity (Wildman–Crippen MR) is 233 cm³/mol. The van der Waals surface area contributed by atoms with Gasteiger partial charge >= 0.3 is 0 Å². The average molecular weight is 706 g/mol. The van der Waals surface area contributed by atoms with Gasteiger partial charge in [-0.1, -0.05) is 170 Å². The van der Waals surface area contributed by atoms with Crippen molar-refractivity contribution >= 4 is 62.6 Å². The summed E-state index contributed by atoms with van der Waals surface area (Å²) >= 11 is 0. The second kappa shape index (κ2) is 11.4. The molecular weight excluding hydrogens is 667 g/mol. The molecule has 2 aliphatic carbocycles. The molecule has 256 valence electrons. The predicted octanol–water partition coefficient (Wildman–Crippen LogP) is 13.5. The van der Waals surface area contributed by atoms with Crippen LogP contribution < -0.4 is 10.1 Å². The third kappa shape index (κ3) is 4.20. The summed E-state index contributed by atoms with van der Waals surface area (Å²) in [6.07, 6.45) is 0. The molecule has 0 atom stereocenters. The molecule has 2 aliphatic rings. The van der Waals surface area contributed by atoms with E-state index in [2.05, 4.69) is 207 Å². The van der Waals surface area contributed by atoms with Crippen LogP contribution in [0.25, 0.3) is 54.6 Å². The zero-order valence-corrected chi connectivity index (χ0v) is 31.8. The maximum absolute atomic E-state index is 2.46. The van der Waals surface area contributed by atoms with Crippen LogP contribution in [0.2, 0.25) is 19.6 Å². The van der Waals surface area contributed by atoms with Crippen molar-refractivity contribution in [3.63, 3.8) is 0 Å². The van der Waals surface area contributed by atoms with Crippen molar-refractivity contribution < 1.29 is 0 Å². The van der Waals surface area contributed by atoms with E-state index >= 15 is 0 Å². The lowest BCUT2D eigenvalue weighted by Gasteiger charge is -2.32. The topological polar surface area (TPSA) is 3.24 Å². The summed E-state index contributed by atoms with van der Waals surface area (Å²) in [6, 6.07) is 68.6. The lowest BCUT2D eigenvalue weighted by Crippen LogP contribution is -2.37. The Balaban J connectivity index is 1.28. The van der Waals surface area contributed by atoms with Crippen LogP contribution in [-0.4, -0.2) is 8.07 Å². The Morgan fingerprint density at radius 2 is 0.963 bits per heavy atom. The summed E-state index contributed by atoms with van der Waals surface area (Å²) in [5.74, 6) is 0. The fraction of sp³-hybridized carbons (Fsp3) is 0.0769. The minimum Gasteiger partial charge on any atom is -0.310 e. The summed E-state index contributed by atoms with van der Waals surface area (Å²) in [5, 5.41) is 9.23. The molecule has 0 amide bonds. The molecule has 0 bridgehead atoms. The van der Waals surface area contributed by atoms with Crippen molar-refractivity contribution in [3.8, 4) is 22.3 Å². The first-order chi connectivity index (χ1) is 26.4. The second-order valence-corrected chi connectivity index (χ2v) is 21.1. The van der Waals surface area contributed by atoms with Gasteiger partial charge in [-0.3, -0.25) is 0 Å². The molecule has 0 fully saturated rings. The molecular formula is C52H39NSi. The number of benzene rings is 9. The van der Waals surface area contributed by atoms with E-state index in [0.29, 0.717) is 0 Å². The molecule has 0 unspecified atom stereocenters. The van der Waals surface area contributed by atoms with Gasteiger partial charge in [0.2, 0.25) is 0 Å². The standard InChI is InChI=1S/C52H39NSi/c1-54(2,3)38-29-26-36(27-30-38)53(35-16-5-4-6-17-35)37-28-31-44-45(33-37)40-19-9-10-22-43(40)50-49-39-18-8-7-15-34(39)25-32-48(49)52(51(44)50)46-23-13-11-20-41(46)42-21-12-14-24-47(42)52/h4-33H,1-3H3. The number of anilines is 3. The molecule has 1 spiro atoms. The van der Waals surface area contributed by atoms with E-state index in [9.17, 15) is 0 Å². The highest BCUT2D eigenvalue weighted by atomic mass is 28.3. The maximum atomic E-state index is 2.46. The number of para-hydroxylation sites is 1. The first-order valence-electron chi connectivity index (χ1n) is 19.1. The van der Waals surface area contributed by atoms with E-state index in [0.717, 1.165) is 11.4 Å². The molecule has 0 heterocycles. The fourth-order valence-electron chi connectivity index (χ4n) is 9.88. The van der Waals surface area contributed by atoms with E-state index in [1.807, 2.05) is 0 Å². The third-order valence-electron chi connectivity index (χ3n) is 12.2. The number of hydrogen-bond acceptors (Lipinski definition) is 1. The molecule has 1 nitrogen and oxygen atoms in total. The first-order valence-corrected chi connectivity index (χ1v) is 22.6. The van der Waals surface area contributed by atoms with Crippen molar-refractivity contribution in [1.29, 1.82) is 0 Å². The van der Waals surface area contributed by atoms with Gasteiger partial charge in [0, 0.05) is 17.1 Å². The Hall–Kier alpha value is -6.22. The van der Waals surface area contributed by atoms with E-state index in [1.54, 1.807) is 0 Å². The molecule has 2 heteroatoms. The quantitative estimate of drug-likeness (QED) is 0.130. The van der Waals surface area contributed by atoms with Gasteiger partial charge < -0.3 is 4.90 Å². The molecule has 0 radical (unpaired) electrons. The molecule has 11 rings (SSSR count). The van der Waals surface area contributed by atoms with E-state index < -0.39 is 13.5 Å². The zero-order valence-electron chi connectivity index (χ0n) is 30.8. The van der Waals surface area contributed by atoms with Gasteiger partial charge in [0.25, 0.3) is 0 Å². The normalized spacial score (nSPS) is 13.6. The average Bonchev–Trinajstić information content (AvgIpc) is 3.69. The molecule has 9 aromatic rings. The van der Waals surface area contributed by atoms with E-state index in [-0.39, 0.29) is 0 Å². The molecule has 54 heavy (non-hydrogen) atoms. The van der Waals surface area contributed by atoms with Crippen LogP contribution in [0, 0.1) is 0 Å². The molecule has 9 aromatic carbocycles. The van der Waals surface area contributed by atoms with Gasteiger partial charge in [-0.25, -0.2) is 0 Å². The number of nitrogens with zero attached hydrogens (tertiary/aromatic N) is 1. The van der Waals surface area contributed by atoms with Gasteiger partial charge in [0.1, 0.15) is 0 Å². The fourth-order valence-corrected chi connectivity index (χ4v) is 11.1. The van der Waals surface area contributed by atoms with Gasteiger partial charge in [0.05, 0.1) is 13.5 Å². The molecule has 0 aromatic heterocycles. The molecule has 0 aliphatic heterocycles. The monoisotopic (exact) mass is 705 g/mol. The number of fused-ring (bicyclic) bond motifs is 17. The smallest absolute Gasteiger partial charge is 0.0775 e. The van der Waals surface area contributed by atoms with Crippen molar-refractivity contribution in [2.45, 2.75) is 25.1 Å². The van der Waals surface area contributed by atoms with Crippen LogP contribution in [0.15, 0.2) is 182 Å². The summed E-state index contributed by atoms with van der Waals surface area (Å²) in [6.45, 7) is 7.25. The highest BCUT2D eigenvalue weighted by molar-refractivity contribution is 6.88. The largest absolute Gasteiger partial charge is 0.310 e. The highest BCUT2D eigenvalue weighted by Gasteiger charge is 2.53. The Bertz CT molecular complexity index is 2920. The van der Waals surface area contributed by atoms with E-state index in [4.69, 9.17) is 0 Å². The van der Waals surface area contributed by atoms with Crippen molar-refractivity contribution in [3.05, 3.63) is 204 Å². The minimum atomic E-state index is -1.46. The van der Waals surface area contributed by atoms with Crippen LogP contribution in [-0.2, 0) is 5.41 Å². The molecule has 0 saturated carbocycles. The SMILES string of the molecule is C[Si](C)(C)c1ccc(N(c2ccccc2)c2ccc3c4c(c5ccccc5c3c2)-c2c(ccc3ccccc23)C42c3ccccc3-c3ccccc32)cc1. The summed E-state index contributed by atoms with van der Waals surface area (Å²) in [4.78, 5) is 2.42. The Morgan fingerprint density at radius 3 is 1.67 bits per heavy atom. The summed E-state index contributed by atoms with van der Waals surface area (Å²) in [5.41, 5.74) is 13.9. The van der Waals surface area contributed by atoms with Crippen molar-refractivity contribution in [1.82, 2.24) is 0 Å². The van der Waals surface area contributed by atoms with Crippen LogP contribution in [0.4, 0.5) is 17.1 Å². The maximum Gasteiger partial charge on any atom is 0.0775 e. The van der Waals surface area contributed by atoms with Crippen LogP contribution in [0.3, 0.4) is 0 Å². The van der Waals surface area contributed by atoms with Gasteiger partial charge in [-0.2, -0.15) is 0 Å². The number of rotatable bonds is 4. The lowest BCUT2D eigenvalue weighted by molar-refractivity contribution is 0.802. The van der Waals surface area contributed by atoms with E-state index in [1.165, 1.54) is 87.7 Å². The van der Waals surface area contributed by atoms with Gasteiger partial charge in [-0.05, 0) is 113 Å². The molecule has 0 N–H and O–H groups in total. The van der Waals surface area contributed by atoms with Crippen molar-refractivity contribution in [2.24, 2.45) is 0 Å². The summed E-state index contributed by atoms with van der Waals surface area (Å²) in [7, 11) is -1.46. The molecule has 0 saturated heterocycles.